The molecule has 3 aliphatic heterocycles. The Kier molecular flexibility index (Phi) is 22.4. The highest BCUT2D eigenvalue weighted by molar-refractivity contribution is 7.99. The van der Waals surface area contributed by atoms with E-state index in [0.717, 1.165) is 22.6 Å². The van der Waals surface area contributed by atoms with Gasteiger partial charge in [-0.25, -0.2) is 4.79 Å². The summed E-state index contributed by atoms with van der Waals surface area (Å²) in [6.45, 7) is 9.22. The van der Waals surface area contributed by atoms with E-state index in [4.69, 9.17) is 4.74 Å². The standard InChI is InChI=1S/C45H69N9O12S/c1-5-20-67-21-11-35(36(55)23-34(30(3)6-2)43(63)46-12-13-54-38(57)22-31(4)44(54)64)49-45(65)48-33-9-7-32(8-10-33)24-47-37(56)25-52-17-16-50(27-40(58)59)14-15-51(28-41(60)61)18-19-53-29-42(62)66-39(53)26-52/h7-10,30-31,34-35,39H,5-6,11-29H2,1-4H3,(H,46,63)(H,47,56)(H,58,59)(H,60,61)(H2,48,49,65)/t30-,31?,34-,35-,39?/m0/s1. The van der Waals surface area contributed by atoms with Crippen molar-refractivity contribution in [1.29, 1.82) is 0 Å². The Bertz CT molecular complexity index is 1890. The predicted octanol–water partition coefficient (Wildman–Crippen LogP) is 0.733. The van der Waals surface area contributed by atoms with Crippen LogP contribution in [0.4, 0.5) is 10.5 Å². The van der Waals surface area contributed by atoms with Crippen molar-refractivity contribution in [3.63, 3.8) is 0 Å². The Morgan fingerprint density at radius 2 is 1.49 bits per heavy atom. The van der Waals surface area contributed by atoms with Gasteiger partial charge in [0.1, 0.15) is 0 Å². The molecule has 3 saturated heterocycles. The number of ether oxygens (including phenoxy) is 1. The number of carbonyl (C=O) groups is 9. The normalized spacial score (nSPS) is 20.4. The van der Waals surface area contributed by atoms with Gasteiger partial charge in [0.2, 0.25) is 23.6 Å². The molecule has 0 aliphatic carbocycles. The van der Waals surface area contributed by atoms with E-state index in [1.807, 2.05) is 13.8 Å². The largest absolute Gasteiger partial charge is 0.480 e. The van der Waals surface area contributed by atoms with Gasteiger partial charge in [0, 0.05) is 89.3 Å². The van der Waals surface area contributed by atoms with E-state index < -0.39 is 42.1 Å². The molecular formula is C45H69N9O12S. The first-order chi connectivity index (χ1) is 32.0. The second-order valence-electron chi connectivity index (χ2n) is 17.5. The van der Waals surface area contributed by atoms with Crippen molar-refractivity contribution < 1.29 is 58.1 Å². The van der Waals surface area contributed by atoms with Crippen molar-refractivity contribution in [2.24, 2.45) is 17.8 Å². The Hall–Kier alpha value is -5.16. The molecule has 22 heteroatoms. The fraction of sp³-hybridized carbons (Fsp3) is 0.667. The first-order valence-corrected chi connectivity index (χ1v) is 24.3. The maximum atomic E-state index is 13.8. The highest BCUT2D eigenvalue weighted by atomic mass is 32.2. The van der Waals surface area contributed by atoms with E-state index in [1.165, 1.54) is 0 Å². The third kappa shape index (κ3) is 18.5. The molecule has 0 aromatic heterocycles. The zero-order chi connectivity index (χ0) is 49.0. The van der Waals surface area contributed by atoms with Crippen LogP contribution >= 0.6 is 11.8 Å². The van der Waals surface area contributed by atoms with Crippen molar-refractivity contribution in [2.75, 3.05) is 102 Å². The molecule has 3 aliphatic rings. The maximum absolute atomic E-state index is 13.8. The van der Waals surface area contributed by atoms with Gasteiger partial charge in [0.05, 0.1) is 38.8 Å². The summed E-state index contributed by atoms with van der Waals surface area (Å²) >= 11 is 1.67. The molecule has 0 radical (unpaired) electrons. The van der Waals surface area contributed by atoms with Crippen molar-refractivity contribution >= 4 is 70.8 Å². The number of esters is 1. The number of imide groups is 1. The molecule has 67 heavy (non-hydrogen) atoms. The second-order valence-corrected chi connectivity index (χ2v) is 18.7. The van der Waals surface area contributed by atoms with Gasteiger partial charge in [0.25, 0.3) is 0 Å². The molecule has 1 aromatic carbocycles. The SMILES string of the molecule is CCCSCC[C@H](NC(=O)Nc1ccc(CNC(=O)CN2CCN(CC(=O)O)CCN(CC(=O)O)CCN3CC(=O)OC3C2)cc1)C(=O)C[C@H](C(=O)NCCN1C(=O)CC(C)C1=O)[C@@H](C)CC. The minimum Gasteiger partial charge on any atom is -0.480 e. The van der Waals surface area contributed by atoms with Crippen LogP contribution in [0.15, 0.2) is 24.3 Å². The number of Topliss-reactive ketones (excluding diaryl/α,β-unsaturated/α-hetero) is 1. The summed E-state index contributed by atoms with van der Waals surface area (Å²) in [6, 6.07) is 5.32. The van der Waals surface area contributed by atoms with Crippen molar-refractivity contribution in [1.82, 2.24) is 40.4 Å². The van der Waals surface area contributed by atoms with Gasteiger partial charge in [0.15, 0.2) is 12.0 Å². The van der Waals surface area contributed by atoms with E-state index in [1.54, 1.807) is 62.6 Å². The van der Waals surface area contributed by atoms with Crippen molar-refractivity contribution in [3.8, 4) is 0 Å². The molecule has 2 unspecified atom stereocenters. The van der Waals surface area contributed by atoms with Gasteiger partial charge in [-0.2, -0.15) is 11.8 Å². The van der Waals surface area contributed by atoms with Gasteiger partial charge in [-0.3, -0.25) is 62.9 Å². The molecule has 0 saturated carbocycles. The van der Waals surface area contributed by atoms with Gasteiger partial charge in [-0.05, 0) is 48.0 Å². The fourth-order valence-corrected chi connectivity index (χ4v) is 8.97. The molecule has 6 N–H and O–H groups in total. The minimum atomic E-state index is -1.04. The number of fused-ring (bicyclic) bond motifs is 1. The maximum Gasteiger partial charge on any atom is 0.321 e. The van der Waals surface area contributed by atoms with Crippen molar-refractivity contribution in [2.45, 2.75) is 78.6 Å². The number of carbonyl (C=O) groups excluding carboxylic acids is 7. The minimum absolute atomic E-state index is 0.0239. The lowest BCUT2D eigenvalue weighted by Crippen LogP contribution is -2.51. The highest BCUT2D eigenvalue weighted by Crippen LogP contribution is 2.23. The number of hydrogen-bond acceptors (Lipinski definition) is 15. The van der Waals surface area contributed by atoms with E-state index >= 15 is 0 Å². The van der Waals surface area contributed by atoms with Crippen LogP contribution in [-0.2, 0) is 49.6 Å². The number of hydrogen-bond donors (Lipinski definition) is 6. The van der Waals surface area contributed by atoms with Crippen LogP contribution in [0.25, 0.3) is 0 Å². The number of amides is 6. The predicted molar refractivity (Wildman–Crippen MR) is 249 cm³/mol. The summed E-state index contributed by atoms with van der Waals surface area (Å²) in [5, 5.41) is 30.2. The van der Waals surface area contributed by atoms with E-state index in [2.05, 4.69) is 28.2 Å². The number of rotatable bonds is 24. The van der Waals surface area contributed by atoms with Crippen LogP contribution < -0.4 is 21.3 Å². The van der Waals surface area contributed by atoms with Gasteiger partial charge < -0.3 is 36.2 Å². The third-order valence-corrected chi connectivity index (χ3v) is 13.4. The number of benzene rings is 1. The monoisotopic (exact) mass is 959 g/mol. The molecule has 4 rings (SSSR count). The molecule has 0 bridgehead atoms. The lowest BCUT2D eigenvalue weighted by molar-refractivity contribution is -0.143. The summed E-state index contributed by atoms with van der Waals surface area (Å²) in [5.74, 6) is -3.72. The molecule has 0 spiro atoms. The molecule has 3 heterocycles. The van der Waals surface area contributed by atoms with Gasteiger partial charge >= 0.3 is 23.9 Å². The molecule has 21 nitrogen and oxygen atoms in total. The first-order valence-electron chi connectivity index (χ1n) is 23.2. The number of aliphatic carboxylic acids is 2. The molecule has 1 aromatic rings. The van der Waals surface area contributed by atoms with Crippen LogP contribution in [0.2, 0.25) is 0 Å². The summed E-state index contributed by atoms with van der Waals surface area (Å²) in [5.41, 5.74) is 1.17. The molecule has 5 atom stereocenters. The van der Waals surface area contributed by atoms with E-state index in [9.17, 15) is 53.4 Å². The molecular weight excluding hydrogens is 891 g/mol. The fourth-order valence-electron chi connectivity index (χ4n) is 8.07. The van der Waals surface area contributed by atoms with Crippen LogP contribution in [0.5, 0.6) is 0 Å². The second kappa shape index (κ2) is 27.6. The number of anilines is 1. The number of thioether (sulfide) groups is 1. The molecule has 372 valence electrons. The lowest BCUT2D eigenvalue weighted by atomic mass is 9.85. The topological polar surface area (TPSA) is 268 Å². The Labute approximate surface area is 396 Å². The Morgan fingerprint density at radius 3 is 2.09 bits per heavy atom. The number of likely N-dealkylation sites (tertiary alicyclic amines) is 1. The number of nitrogens with one attached hydrogen (secondary N) is 4. The zero-order valence-corrected chi connectivity index (χ0v) is 40.0. The highest BCUT2D eigenvalue weighted by Gasteiger charge is 2.37. The number of urea groups is 1. The van der Waals surface area contributed by atoms with Crippen LogP contribution in [-0.4, -0.2) is 197 Å². The summed E-state index contributed by atoms with van der Waals surface area (Å²) in [6.07, 6.45) is 1.29. The number of carboxylic acids is 2. The van der Waals surface area contributed by atoms with Crippen LogP contribution in [0.1, 0.15) is 65.4 Å². The van der Waals surface area contributed by atoms with Gasteiger partial charge in [-0.1, -0.05) is 46.2 Å². The molecule has 6 amide bonds. The third-order valence-electron chi connectivity index (χ3n) is 12.2. The Morgan fingerprint density at radius 1 is 0.851 bits per heavy atom. The van der Waals surface area contributed by atoms with Crippen LogP contribution in [0.3, 0.4) is 0 Å². The average Bonchev–Trinajstić information content (AvgIpc) is 3.75. The lowest BCUT2D eigenvalue weighted by Gasteiger charge is -2.33. The Balaban J connectivity index is 1.32. The summed E-state index contributed by atoms with van der Waals surface area (Å²) in [4.78, 5) is 122. The summed E-state index contributed by atoms with van der Waals surface area (Å²) < 4.78 is 5.57. The van der Waals surface area contributed by atoms with Crippen LogP contribution in [0, 0.1) is 17.8 Å². The number of ketones is 1. The smallest absolute Gasteiger partial charge is 0.321 e. The average molecular weight is 960 g/mol. The quantitative estimate of drug-likeness (QED) is 0.0474. The summed E-state index contributed by atoms with van der Waals surface area (Å²) in [7, 11) is 0. The van der Waals surface area contributed by atoms with E-state index in [0.29, 0.717) is 43.9 Å². The van der Waals surface area contributed by atoms with Gasteiger partial charge in [-0.15, -0.1) is 0 Å². The zero-order valence-electron chi connectivity index (χ0n) is 39.2. The first kappa shape index (κ1) is 54.4. The molecule has 3 fully saturated rings. The number of nitrogens with zero attached hydrogens (tertiary/aromatic N) is 5. The number of carboxylic acid groups (broad SMARTS) is 2. The van der Waals surface area contributed by atoms with Crippen molar-refractivity contribution in [3.05, 3.63) is 29.8 Å². The van der Waals surface area contributed by atoms with E-state index in [-0.39, 0.29) is 126 Å².